The van der Waals surface area contributed by atoms with Crippen LogP contribution < -0.4 is 14.9 Å². The van der Waals surface area contributed by atoms with Gasteiger partial charge < -0.3 is 15.0 Å². The summed E-state index contributed by atoms with van der Waals surface area (Å²) in [6.07, 6.45) is 3.35. The highest BCUT2D eigenvalue weighted by Gasteiger charge is 2.36. The average molecular weight is 452 g/mol. The lowest BCUT2D eigenvalue weighted by Gasteiger charge is -2.42. The van der Waals surface area contributed by atoms with Crippen LogP contribution in [0.3, 0.4) is 0 Å². The number of nitrogens with one attached hydrogen (secondary N) is 2. The maximum atomic E-state index is 12.6. The fourth-order valence-electron chi connectivity index (χ4n) is 4.84. The lowest BCUT2D eigenvalue weighted by atomic mass is 9.72. The van der Waals surface area contributed by atoms with Gasteiger partial charge in [-0.05, 0) is 90.6 Å². The van der Waals surface area contributed by atoms with Gasteiger partial charge in [0.1, 0.15) is 0 Å². The van der Waals surface area contributed by atoms with E-state index < -0.39 is 0 Å². The van der Waals surface area contributed by atoms with Crippen LogP contribution in [-0.4, -0.2) is 37.5 Å². The van der Waals surface area contributed by atoms with Gasteiger partial charge in [0.15, 0.2) is 0 Å². The smallest absolute Gasteiger partial charge is 0.261 e. The summed E-state index contributed by atoms with van der Waals surface area (Å²) in [5.74, 6) is 0.0125. The summed E-state index contributed by atoms with van der Waals surface area (Å²) in [5.41, 5.74) is 7.01. The molecule has 3 aliphatic rings. The Morgan fingerprint density at radius 3 is 2.69 bits per heavy atom. The number of aryl methyl sites for hydroxylation is 1. The lowest BCUT2D eigenvalue weighted by molar-refractivity contribution is 0.0984. The second-order valence-electron chi connectivity index (χ2n) is 10.1. The Morgan fingerprint density at radius 1 is 1.16 bits per heavy atom. The first kappa shape index (κ1) is 21.7. The van der Waals surface area contributed by atoms with Crippen molar-refractivity contribution in [1.29, 1.82) is 0 Å². The number of anilines is 2. The fourth-order valence-corrected chi connectivity index (χ4v) is 5.61. The van der Waals surface area contributed by atoms with Crippen molar-refractivity contribution in [3.05, 3.63) is 58.7 Å². The van der Waals surface area contributed by atoms with E-state index >= 15 is 0 Å². The van der Waals surface area contributed by atoms with E-state index in [1.54, 1.807) is 11.9 Å². The standard InChI is InChI=1S/C26H33N3O2S/c1-17-12-19(15-21(13-17)29-8-10-31-11-9-29)24-26(2,3)16-20-14-18(4-7-23(20)27-24)25(30)28-32-22-5-6-22/h4,7,12-15,22,24,27H,5-6,8-11,16H2,1-3H3,(H,28,30). The van der Waals surface area contributed by atoms with E-state index in [2.05, 4.69) is 66.0 Å². The third kappa shape index (κ3) is 4.62. The van der Waals surface area contributed by atoms with Crippen molar-refractivity contribution in [2.75, 3.05) is 36.5 Å². The van der Waals surface area contributed by atoms with E-state index in [4.69, 9.17) is 4.74 Å². The molecule has 2 heterocycles. The number of nitrogens with zero attached hydrogens (tertiary/aromatic N) is 1. The average Bonchev–Trinajstić information content (AvgIpc) is 3.61. The molecular formula is C26H33N3O2S. The molecule has 2 aromatic carbocycles. The second kappa shape index (κ2) is 8.64. The number of amides is 1. The number of hydrogen-bond donors (Lipinski definition) is 2. The van der Waals surface area contributed by atoms with E-state index in [0.717, 1.165) is 44.0 Å². The van der Waals surface area contributed by atoms with Gasteiger partial charge in [-0.1, -0.05) is 19.9 Å². The summed E-state index contributed by atoms with van der Waals surface area (Å²) in [6, 6.07) is 13.2. The van der Waals surface area contributed by atoms with Crippen LogP contribution in [0, 0.1) is 12.3 Å². The molecule has 1 unspecified atom stereocenters. The van der Waals surface area contributed by atoms with Gasteiger partial charge in [-0.2, -0.15) is 0 Å². The second-order valence-corrected chi connectivity index (χ2v) is 11.2. The van der Waals surface area contributed by atoms with Gasteiger partial charge >= 0.3 is 0 Å². The third-order valence-electron chi connectivity index (χ3n) is 6.73. The number of carbonyl (C=O) groups is 1. The minimum Gasteiger partial charge on any atom is -0.378 e. The molecule has 1 atom stereocenters. The van der Waals surface area contributed by atoms with Crippen LogP contribution in [0.25, 0.3) is 0 Å². The monoisotopic (exact) mass is 451 g/mol. The zero-order valence-corrected chi connectivity index (χ0v) is 20.1. The van der Waals surface area contributed by atoms with E-state index in [9.17, 15) is 4.79 Å². The molecule has 2 aromatic rings. The van der Waals surface area contributed by atoms with Crippen LogP contribution in [0.2, 0.25) is 0 Å². The van der Waals surface area contributed by atoms with Crippen molar-refractivity contribution in [3.8, 4) is 0 Å². The Hall–Kier alpha value is -2.18. The number of rotatable bonds is 5. The Bertz CT molecular complexity index is 1010. The summed E-state index contributed by atoms with van der Waals surface area (Å²) in [6.45, 7) is 10.3. The van der Waals surface area contributed by atoms with Crippen LogP contribution in [0.15, 0.2) is 36.4 Å². The summed E-state index contributed by atoms with van der Waals surface area (Å²) in [5, 5.41) is 4.41. The van der Waals surface area contributed by atoms with Gasteiger partial charge in [-0.25, -0.2) is 0 Å². The maximum absolute atomic E-state index is 12.6. The van der Waals surface area contributed by atoms with Gasteiger partial charge in [-0.3, -0.25) is 9.52 Å². The molecule has 0 radical (unpaired) electrons. The molecule has 2 fully saturated rings. The molecule has 1 saturated carbocycles. The molecule has 0 bridgehead atoms. The lowest BCUT2D eigenvalue weighted by Crippen LogP contribution is -2.37. The zero-order chi connectivity index (χ0) is 22.3. The maximum Gasteiger partial charge on any atom is 0.261 e. The molecule has 0 spiro atoms. The van der Waals surface area contributed by atoms with E-state index in [1.807, 2.05) is 6.07 Å². The number of carbonyl (C=O) groups excluding carboxylic acids is 1. The molecule has 0 aromatic heterocycles. The molecule has 5 rings (SSSR count). The minimum atomic E-state index is 0.0125. The van der Waals surface area contributed by atoms with Crippen molar-refractivity contribution in [2.45, 2.75) is 51.3 Å². The van der Waals surface area contributed by atoms with Crippen molar-refractivity contribution in [3.63, 3.8) is 0 Å². The molecule has 32 heavy (non-hydrogen) atoms. The summed E-state index contributed by atoms with van der Waals surface area (Å²) in [4.78, 5) is 15.0. The molecule has 1 saturated heterocycles. The zero-order valence-electron chi connectivity index (χ0n) is 19.2. The van der Waals surface area contributed by atoms with Crippen molar-refractivity contribution < 1.29 is 9.53 Å². The molecule has 6 heteroatoms. The van der Waals surface area contributed by atoms with Gasteiger partial charge in [0, 0.05) is 35.3 Å². The number of fused-ring (bicyclic) bond motifs is 1. The normalized spacial score (nSPS) is 22.1. The fraction of sp³-hybridized carbons (Fsp3) is 0.500. The van der Waals surface area contributed by atoms with Crippen molar-refractivity contribution >= 4 is 29.2 Å². The van der Waals surface area contributed by atoms with Crippen LogP contribution in [-0.2, 0) is 11.2 Å². The van der Waals surface area contributed by atoms with Gasteiger partial charge in [-0.15, -0.1) is 0 Å². The minimum absolute atomic E-state index is 0.0125. The highest BCUT2D eigenvalue weighted by atomic mass is 32.2. The van der Waals surface area contributed by atoms with Crippen molar-refractivity contribution in [2.24, 2.45) is 5.41 Å². The van der Waals surface area contributed by atoms with E-state index in [1.165, 1.54) is 35.2 Å². The molecule has 2 aliphatic heterocycles. The Morgan fingerprint density at radius 2 is 1.94 bits per heavy atom. The first-order chi connectivity index (χ1) is 15.4. The van der Waals surface area contributed by atoms with Crippen LogP contribution in [0.5, 0.6) is 0 Å². The van der Waals surface area contributed by atoms with Crippen LogP contribution >= 0.6 is 11.9 Å². The predicted octanol–water partition coefficient (Wildman–Crippen LogP) is 5.11. The van der Waals surface area contributed by atoms with Gasteiger partial charge in [0.05, 0.1) is 19.3 Å². The molecule has 1 aliphatic carbocycles. The number of benzene rings is 2. The molecule has 2 N–H and O–H groups in total. The largest absolute Gasteiger partial charge is 0.378 e. The molecule has 1 amide bonds. The Labute approximate surface area is 195 Å². The first-order valence-electron chi connectivity index (χ1n) is 11.7. The van der Waals surface area contributed by atoms with Crippen LogP contribution in [0.4, 0.5) is 11.4 Å². The Kier molecular flexibility index (Phi) is 5.84. The number of morpholine rings is 1. The van der Waals surface area contributed by atoms with Crippen molar-refractivity contribution in [1.82, 2.24) is 4.72 Å². The highest BCUT2D eigenvalue weighted by Crippen LogP contribution is 2.46. The molecule has 5 nitrogen and oxygen atoms in total. The SMILES string of the molecule is Cc1cc(C2Nc3ccc(C(=O)NSC4CC4)cc3CC2(C)C)cc(N2CCOCC2)c1. The third-order valence-corrected chi connectivity index (χ3v) is 7.84. The number of ether oxygens (including phenoxy) is 1. The van der Waals surface area contributed by atoms with E-state index in [0.29, 0.717) is 5.25 Å². The Balaban J connectivity index is 1.39. The summed E-state index contributed by atoms with van der Waals surface area (Å²) < 4.78 is 8.55. The highest BCUT2D eigenvalue weighted by molar-refractivity contribution is 7.98. The molecular weight excluding hydrogens is 418 g/mol. The van der Waals surface area contributed by atoms with Gasteiger partial charge in [0.2, 0.25) is 0 Å². The summed E-state index contributed by atoms with van der Waals surface area (Å²) in [7, 11) is 0. The predicted molar refractivity (Wildman–Crippen MR) is 133 cm³/mol. The summed E-state index contributed by atoms with van der Waals surface area (Å²) >= 11 is 1.57. The van der Waals surface area contributed by atoms with E-state index in [-0.39, 0.29) is 17.4 Å². The number of hydrogen-bond acceptors (Lipinski definition) is 5. The quantitative estimate of drug-likeness (QED) is 0.619. The van der Waals surface area contributed by atoms with Gasteiger partial charge in [0.25, 0.3) is 5.91 Å². The van der Waals surface area contributed by atoms with Crippen LogP contribution in [0.1, 0.15) is 59.8 Å². The first-order valence-corrected chi connectivity index (χ1v) is 12.6. The topological polar surface area (TPSA) is 53.6 Å². The molecule has 170 valence electrons.